The molecule has 1 fully saturated rings. The van der Waals surface area contributed by atoms with E-state index in [1.807, 2.05) is 41.8 Å². The molecule has 5 nitrogen and oxygen atoms in total. The fourth-order valence-corrected chi connectivity index (χ4v) is 5.23. The second kappa shape index (κ2) is 11.4. The van der Waals surface area contributed by atoms with Gasteiger partial charge in [-0.1, -0.05) is 61.2 Å². The summed E-state index contributed by atoms with van der Waals surface area (Å²) >= 11 is 7.99. The lowest BCUT2D eigenvalue weighted by Gasteiger charge is -2.33. The molecule has 1 unspecified atom stereocenters. The van der Waals surface area contributed by atoms with Crippen LogP contribution in [0, 0.1) is 0 Å². The van der Waals surface area contributed by atoms with Gasteiger partial charge in [0.25, 0.3) is 0 Å². The third kappa shape index (κ3) is 6.21. The van der Waals surface area contributed by atoms with Crippen LogP contribution in [-0.2, 0) is 22.6 Å². The number of aromatic nitrogens is 1. The van der Waals surface area contributed by atoms with E-state index >= 15 is 0 Å². The molecule has 1 N–H and O–H groups in total. The molecule has 0 spiro atoms. The number of rotatable bonds is 8. The average molecular weight is 482 g/mol. The van der Waals surface area contributed by atoms with E-state index < -0.39 is 6.04 Å². The van der Waals surface area contributed by atoms with Gasteiger partial charge in [0.05, 0.1) is 6.42 Å². The van der Waals surface area contributed by atoms with Crippen molar-refractivity contribution in [1.82, 2.24) is 15.2 Å². The monoisotopic (exact) mass is 481 g/mol. The number of thiophene rings is 1. The molecule has 4 rings (SSSR count). The first-order valence-electron chi connectivity index (χ1n) is 11.4. The Bertz CT molecular complexity index is 1050. The largest absolute Gasteiger partial charge is 0.351 e. The summed E-state index contributed by atoms with van der Waals surface area (Å²) in [5.74, 6) is -0.286. The van der Waals surface area contributed by atoms with Gasteiger partial charge in [-0.3, -0.25) is 14.6 Å². The molecule has 1 aliphatic carbocycles. The third-order valence-electron chi connectivity index (χ3n) is 6.04. The highest BCUT2D eigenvalue weighted by molar-refractivity contribution is 7.10. The highest BCUT2D eigenvalue weighted by Crippen LogP contribution is 2.28. The number of nitrogens with one attached hydrogen (secondary N) is 1. The Kier molecular flexibility index (Phi) is 8.13. The SMILES string of the molecule is O=C(NC1CCCCC1)C(c1cccnc1)N(Cc1ccccc1Cl)C(=O)Cc1cccs1. The maximum absolute atomic E-state index is 13.7. The molecule has 0 saturated heterocycles. The van der Waals surface area contributed by atoms with Gasteiger partial charge in [-0.05, 0) is 42.0 Å². The van der Waals surface area contributed by atoms with Crippen LogP contribution < -0.4 is 5.32 Å². The van der Waals surface area contributed by atoms with E-state index in [2.05, 4.69) is 10.3 Å². The topological polar surface area (TPSA) is 62.3 Å². The minimum absolute atomic E-state index is 0.120. The molecule has 7 heteroatoms. The molecule has 3 aromatic rings. The summed E-state index contributed by atoms with van der Waals surface area (Å²) in [7, 11) is 0. The van der Waals surface area contributed by atoms with Crippen LogP contribution in [0.3, 0.4) is 0 Å². The van der Waals surface area contributed by atoms with Crippen molar-refractivity contribution in [2.75, 3.05) is 0 Å². The predicted molar refractivity (Wildman–Crippen MR) is 132 cm³/mol. The van der Waals surface area contributed by atoms with Crippen molar-refractivity contribution in [2.24, 2.45) is 0 Å². The van der Waals surface area contributed by atoms with Crippen molar-refractivity contribution in [3.63, 3.8) is 0 Å². The highest BCUT2D eigenvalue weighted by atomic mass is 35.5. The second-order valence-electron chi connectivity index (χ2n) is 8.40. The number of hydrogen-bond donors (Lipinski definition) is 1. The Morgan fingerprint density at radius 3 is 2.61 bits per heavy atom. The number of pyridine rings is 1. The van der Waals surface area contributed by atoms with Crippen LogP contribution in [0.5, 0.6) is 0 Å². The second-order valence-corrected chi connectivity index (χ2v) is 9.84. The Balaban J connectivity index is 1.68. The number of amides is 2. The summed E-state index contributed by atoms with van der Waals surface area (Å²) in [5.41, 5.74) is 1.50. The van der Waals surface area contributed by atoms with E-state index in [1.54, 1.807) is 29.4 Å². The van der Waals surface area contributed by atoms with Gasteiger partial charge in [0.15, 0.2) is 0 Å². The predicted octanol–water partition coefficient (Wildman–Crippen LogP) is 5.56. The van der Waals surface area contributed by atoms with Gasteiger partial charge in [0.2, 0.25) is 11.8 Å². The van der Waals surface area contributed by atoms with Crippen LogP contribution in [0.1, 0.15) is 54.1 Å². The molecule has 33 heavy (non-hydrogen) atoms. The van der Waals surface area contributed by atoms with E-state index in [9.17, 15) is 9.59 Å². The number of carbonyl (C=O) groups is 2. The molecule has 0 aliphatic heterocycles. The van der Waals surface area contributed by atoms with Crippen LogP contribution in [0.25, 0.3) is 0 Å². The molecule has 0 bridgehead atoms. The Labute approximate surface area is 203 Å². The molecule has 172 valence electrons. The maximum Gasteiger partial charge on any atom is 0.247 e. The van der Waals surface area contributed by atoms with Crippen LogP contribution in [0.4, 0.5) is 0 Å². The van der Waals surface area contributed by atoms with Crippen molar-refractivity contribution >= 4 is 34.8 Å². The van der Waals surface area contributed by atoms with Gasteiger partial charge in [0.1, 0.15) is 6.04 Å². The van der Waals surface area contributed by atoms with Gasteiger partial charge in [-0.2, -0.15) is 0 Å². The van der Waals surface area contributed by atoms with Crippen LogP contribution in [0.2, 0.25) is 5.02 Å². The number of nitrogens with zero attached hydrogens (tertiary/aromatic N) is 2. The number of benzene rings is 1. The minimum atomic E-state index is -0.788. The average Bonchev–Trinajstić information content (AvgIpc) is 3.34. The molecular formula is C26H28ClN3O2S. The molecule has 2 heterocycles. The number of carbonyl (C=O) groups excluding carboxylic acids is 2. The smallest absolute Gasteiger partial charge is 0.247 e. The standard InChI is InChI=1S/C26H28ClN3O2S/c27-23-13-5-4-8-20(23)18-30(24(31)16-22-12-7-15-33-22)25(19-9-6-14-28-17-19)26(32)29-21-10-2-1-3-11-21/h4-9,12-15,17,21,25H,1-3,10-11,16,18H2,(H,29,32). The number of halogens is 1. The van der Waals surface area contributed by atoms with Crippen molar-refractivity contribution in [1.29, 1.82) is 0 Å². The first kappa shape index (κ1) is 23.5. The molecule has 1 aliphatic rings. The van der Waals surface area contributed by atoms with Gasteiger partial charge in [-0.15, -0.1) is 11.3 Å². The van der Waals surface area contributed by atoms with Gasteiger partial charge in [0, 0.05) is 40.4 Å². The van der Waals surface area contributed by atoms with Crippen molar-refractivity contribution in [2.45, 2.75) is 57.2 Å². The summed E-state index contributed by atoms with van der Waals surface area (Å²) in [6.07, 6.45) is 8.95. The lowest BCUT2D eigenvalue weighted by atomic mass is 9.94. The van der Waals surface area contributed by atoms with E-state index in [0.717, 1.165) is 36.1 Å². The van der Waals surface area contributed by atoms with Gasteiger partial charge < -0.3 is 10.2 Å². The van der Waals surface area contributed by atoms with Crippen molar-refractivity contribution < 1.29 is 9.59 Å². The Morgan fingerprint density at radius 1 is 1.09 bits per heavy atom. The van der Waals surface area contributed by atoms with Crippen molar-refractivity contribution in [3.8, 4) is 0 Å². The lowest BCUT2D eigenvalue weighted by Crippen LogP contribution is -2.47. The van der Waals surface area contributed by atoms with E-state index in [-0.39, 0.29) is 30.8 Å². The van der Waals surface area contributed by atoms with Gasteiger partial charge >= 0.3 is 0 Å². The summed E-state index contributed by atoms with van der Waals surface area (Å²) in [6, 6.07) is 14.3. The summed E-state index contributed by atoms with van der Waals surface area (Å²) < 4.78 is 0. The first-order valence-corrected chi connectivity index (χ1v) is 12.6. The van der Waals surface area contributed by atoms with E-state index in [0.29, 0.717) is 10.6 Å². The fraction of sp³-hybridized carbons (Fsp3) is 0.346. The quantitative estimate of drug-likeness (QED) is 0.458. The van der Waals surface area contributed by atoms with Crippen LogP contribution >= 0.6 is 22.9 Å². The normalized spacial score (nSPS) is 15.1. The Hall–Kier alpha value is -2.70. The zero-order chi connectivity index (χ0) is 23.0. The third-order valence-corrected chi connectivity index (χ3v) is 7.28. The van der Waals surface area contributed by atoms with Crippen molar-refractivity contribution in [3.05, 3.63) is 87.3 Å². The molecule has 1 aromatic carbocycles. The number of hydrogen-bond acceptors (Lipinski definition) is 4. The zero-order valence-corrected chi connectivity index (χ0v) is 20.0. The zero-order valence-electron chi connectivity index (χ0n) is 18.5. The Morgan fingerprint density at radius 2 is 1.91 bits per heavy atom. The van der Waals surface area contributed by atoms with E-state index in [1.165, 1.54) is 17.8 Å². The summed E-state index contributed by atoms with van der Waals surface area (Å²) in [6.45, 7) is 0.238. The highest BCUT2D eigenvalue weighted by Gasteiger charge is 2.33. The summed E-state index contributed by atoms with van der Waals surface area (Å²) in [5, 5.41) is 5.75. The fourth-order valence-electron chi connectivity index (χ4n) is 4.33. The van der Waals surface area contributed by atoms with E-state index in [4.69, 9.17) is 11.6 Å². The maximum atomic E-state index is 13.7. The minimum Gasteiger partial charge on any atom is -0.351 e. The summed E-state index contributed by atoms with van der Waals surface area (Å²) in [4.78, 5) is 34.1. The van der Waals surface area contributed by atoms with Crippen LogP contribution in [0.15, 0.2) is 66.3 Å². The molecule has 1 atom stereocenters. The molecule has 2 amide bonds. The molecule has 0 radical (unpaired) electrons. The molecule has 2 aromatic heterocycles. The lowest BCUT2D eigenvalue weighted by molar-refractivity contribution is -0.141. The van der Waals surface area contributed by atoms with Crippen LogP contribution in [-0.4, -0.2) is 27.7 Å². The molecular weight excluding hydrogens is 454 g/mol. The van der Waals surface area contributed by atoms with Gasteiger partial charge in [-0.25, -0.2) is 0 Å². The molecule has 1 saturated carbocycles. The first-order chi connectivity index (χ1) is 16.1.